The standard InChI is InChI=1S/C3H8O8P2/c1-3-2-8-10-13(7,9-3)11-12(4,5)6/h3H,2H2,1H3,(H2,4,5,6). The van der Waals surface area contributed by atoms with Crippen LogP contribution in [-0.2, 0) is 27.5 Å². The fourth-order valence-electron chi connectivity index (χ4n) is 0.622. The Labute approximate surface area is 73.5 Å². The van der Waals surface area contributed by atoms with Gasteiger partial charge in [-0.3, -0.25) is 4.52 Å². The van der Waals surface area contributed by atoms with Gasteiger partial charge in [-0.05, 0) is 6.92 Å². The van der Waals surface area contributed by atoms with Crippen LogP contribution in [0, 0.1) is 0 Å². The Morgan fingerprint density at radius 1 is 1.62 bits per heavy atom. The largest absolute Gasteiger partial charge is 0.511 e. The maximum atomic E-state index is 11.2. The maximum Gasteiger partial charge on any atom is 0.511 e. The number of rotatable bonds is 2. The average Bonchev–Trinajstić information content (AvgIpc) is 1.79. The Balaban J connectivity index is 2.65. The zero-order valence-electron chi connectivity index (χ0n) is 6.52. The summed E-state index contributed by atoms with van der Waals surface area (Å²) in [6.07, 6.45) is -0.619. The summed E-state index contributed by atoms with van der Waals surface area (Å²) >= 11 is 0. The minimum Gasteiger partial charge on any atom is -0.302 e. The van der Waals surface area contributed by atoms with Crippen LogP contribution in [0.25, 0.3) is 0 Å². The molecule has 10 heteroatoms. The molecule has 8 nitrogen and oxygen atoms in total. The van der Waals surface area contributed by atoms with Gasteiger partial charge >= 0.3 is 15.6 Å². The summed E-state index contributed by atoms with van der Waals surface area (Å²) in [6, 6.07) is 0. The number of hydrogen-bond donors (Lipinski definition) is 2. The summed E-state index contributed by atoms with van der Waals surface area (Å²) in [5, 5.41) is 0. The van der Waals surface area contributed by atoms with Gasteiger partial charge in [0, 0.05) is 0 Å². The molecule has 0 saturated carbocycles. The lowest BCUT2D eigenvalue weighted by atomic mass is 10.5. The van der Waals surface area contributed by atoms with Gasteiger partial charge in [0.25, 0.3) is 0 Å². The van der Waals surface area contributed by atoms with E-state index in [9.17, 15) is 9.13 Å². The van der Waals surface area contributed by atoms with E-state index in [1.165, 1.54) is 6.92 Å². The van der Waals surface area contributed by atoms with E-state index >= 15 is 0 Å². The number of phosphoric acid groups is 2. The highest BCUT2D eigenvalue weighted by Gasteiger charge is 2.41. The average molecular weight is 234 g/mol. The van der Waals surface area contributed by atoms with Crippen molar-refractivity contribution in [3.05, 3.63) is 0 Å². The van der Waals surface area contributed by atoms with Gasteiger partial charge < -0.3 is 9.79 Å². The first-order valence-corrected chi connectivity index (χ1v) is 6.16. The highest BCUT2D eigenvalue weighted by Crippen LogP contribution is 2.62. The Kier molecular flexibility index (Phi) is 3.27. The molecule has 0 radical (unpaired) electrons. The normalized spacial score (nSPS) is 36.1. The smallest absolute Gasteiger partial charge is 0.302 e. The second-order valence-corrected chi connectivity index (χ2v) is 5.18. The van der Waals surface area contributed by atoms with E-state index in [1.54, 1.807) is 0 Å². The summed E-state index contributed by atoms with van der Waals surface area (Å²) in [7, 11) is -9.20. The molecule has 0 aliphatic carbocycles. The highest BCUT2D eigenvalue weighted by molar-refractivity contribution is 7.61. The molecule has 13 heavy (non-hydrogen) atoms. The first-order chi connectivity index (χ1) is 5.81. The maximum absolute atomic E-state index is 11.2. The van der Waals surface area contributed by atoms with E-state index in [-0.39, 0.29) is 6.61 Å². The Morgan fingerprint density at radius 3 is 2.69 bits per heavy atom. The summed E-state index contributed by atoms with van der Waals surface area (Å²) in [5.41, 5.74) is 0. The molecule has 2 atom stereocenters. The third-order valence-corrected chi connectivity index (χ3v) is 3.52. The van der Waals surface area contributed by atoms with Crippen LogP contribution in [-0.4, -0.2) is 22.5 Å². The minimum absolute atomic E-state index is 0.00844. The Morgan fingerprint density at radius 2 is 2.23 bits per heavy atom. The zero-order chi connectivity index (χ0) is 10.1. The van der Waals surface area contributed by atoms with E-state index in [1.807, 2.05) is 0 Å². The second kappa shape index (κ2) is 3.76. The molecule has 2 unspecified atom stereocenters. The molecular weight excluding hydrogens is 226 g/mol. The summed E-state index contributed by atoms with van der Waals surface area (Å²) in [4.78, 5) is 20.9. The van der Waals surface area contributed by atoms with Gasteiger partial charge in [0.05, 0.1) is 6.10 Å². The van der Waals surface area contributed by atoms with Crippen molar-refractivity contribution in [3.8, 4) is 0 Å². The predicted octanol–water partition coefficient (Wildman–Crippen LogP) is 0.571. The second-order valence-electron chi connectivity index (χ2n) is 2.29. The van der Waals surface area contributed by atoms with Gasteiger partial charge in [0.15, 0.2) is 0 Å². The number of hydrogen-bond acceptors (Lipinski definition) is 6. The molecule has 78 valence electrons. The molecule has 1 fully saturated rings. The molecule has 1 aliphatic rings. The lowest BCUT2D eigenvalue weighted by Crippen LogP contribution is -2.21. The van der Waals surface area contributed by atoms with Crippen LogP contribution in [0.1, 0.15) is 6.92 Å². The minimum atomic E-state index is -4.92. The predicted molar refractivity (Wildman–Crippen MR) is 38.3 cm³/mol. The first-order valence-electron chi connectivity index (χ1n) is 3.17. The van der Waals surface area contributed by atoms with Crippen LogP contribution in [0.15, 0.2) is 0 Å². The van der Waals surface area contributed by atoms with E-state index < -0.39 is 21.7 Å². The van der Waals surface area contributed by atoms with Crippen LogP contribution in [0.4, 0.5) is 0 Å². The summed E-state index contributed by atoms with van der Waals surface area (Å²) in [6.45, 7) is 1.49. The molecule has 0 amide bonds. The third kappa shape index (κ3) is 3.84. The van der Waals surface area contributed by atoms with E-state index in [4.69, 9.17) is 9.79 Å². The zero-order valence-corrected chi connectivity index (χ0v) is 8.31. The monoisotopic (exact) mass is 234 g/mol. The SMILES string of the molecule is CC1COOP(=O)(OP(=O)(O)O)O1. The van der Waals surface area contributed by atoms with Crippen LogP contribution in [0.5, 0.6) is 0 Å². The van der Waals surface area contributed by atoms with Crippen molar-refractivity contribution < 1.29 is 37.3 Å². The summed E-state index contributed by atoms with van der Waals surface area (Å²) in [5.74, 6) is 0. The van der Waals surface area contributed by atoms with E-state index in [2.05, 4.69) is 18.4 Å². The molecular formula is C3H8O8P2. The first kappa shape index (κ1) is 11.3. The molecule has 0 aromatic heterocycles. The van der Waals surface area contributed by atoms with Crippen molar-refractivity contribution in [1.29, 1.82) is 0 Å². The van der Waals surface area contributed by atoms with Crippen LogP contribution in [0.3, 0.4) is 0 Å². The topological polar surface area (TPSA) is 112 Å². The van der Waals surface area contributed by atoms with E-state index in [0.29, 0.717) is 0 Å². The molecule has 2 N–H and O–H groups in total. The van der Waals surface area contributed by atoms with Gasteiger partial charge in [-0.15, -0.1) is 4.67 Å². The Hall–Kier alpha value is 0.220. The van der Waals surface area contributed by atoms with Crippen LogP contribution >= 0.6 is 15.6 Å². The molecule has 0 bridgehead atoms. The van der Waals surface area contributed by atoms with Crippen molar-refractivity contribution in [3.63, 3.8) is 0 Å². The lowest BCUT2D eigenvalue weighted by Gasteiger charge is -2.24. The van der Waals surface area contributed by atoms with Crippen LogP contribution in [0.2, 0.25) is 0 Å². The summed E-state index contributed by atoms with van der Waals surface area (Å²) < 4.78 is 33.8. The van der Waals surface area contributed by atoms with Gasteiger partial charge in [0.2, 0.25) is 0 Å². The van der Waals surface area contributed by atoms with Gasteiger partial charge in [0.1, 0.15) is 6.61 Å². The van der Waals surface area contributed by atoms with Gasteiger partial charge in [-0.25, -0.2) is 14.0 Å². The molecule has 1 aliphatic heterocycles. The van der Waals surface area contributed by atoms with Crippen molar-refractivity contribution >= 4 is 15.6 Å². The highest BCUT2D eigenvalue weighted by atomic mass is 31.3. The van der Waals surface area contributed by atoms with E-state index in [0.717, 1.165) is 0 Å². The third-order valence-electron chi connectivity index (χ3n) is 0.962. The van der Waals surface area contributed by atoms with Gasteiger partial charge in [-0.1, -0.05) is 0 Å². The Bertz CT molecular complexity index is 269. The lowest BCUT2D eigenvalue weighted by molar-refractivity contribution is -0.263. The molecule has 0 spiro atoms. The molecule has 1 heterocycles. The van der Waals surface area contributed by atoms with Crippen molar-refractivity contribution in [2.75, 3.05) is 6.61 Å². The fraction of sp³-hybridized carbons (Fsp3) is 1.00. The van der Waals surface area contributed by atoms with Crippen LogP contribution < -0.4 is 0 Å². The quantitative estimate of drug-likeness (QED) is 0.526. The van der Waals surface area contributed by atoms with Crippen molar-refractivity contribution in [2.24, 2.45) is 0 Å². The van der Waals surface area contributed by atoms with Crippen molar-refractivity contribution in [1.82, 2.24) is 0 Å². The van der Waals surface area contributed by atoms with Crippen molar-refractivity contribution in [2.45, 2.75) is 13.0 Å². The molecule has 1 rings (SSSR count). The molecule has 0 aromatic rings. The molecule has 0 aromatic carbocycles. The fourth-order valence-corrected chi connectivity index (χ4v) is 2.65. The molecule has 1 saturated heterocycles. The van der Waals surface area contributed by atoms with Gasteiger partial charge in [-0.2, -0.15) is 4.31 Å².